The number of aliphatic hydroxyl groups is 2. The van der Waals surface area contributed by atoms with Crippen LogP contribution in [0.2, 0.25) is 0 Å². The molecule has 9 unspecified atom stereocenters. The van der Waals surface area contributed by atoms with Crippen LogP contribution in [0, 0.1) is 5.92 Å². The SMILES string of the molecule is O=C(CCCCCNC(=O)C(NC(=O)C1CCCCC1)SSCCOC(=O)Nc1ccn(C2CC(O)C(COP(=O)(O)OP(=O)(O)OP(=O)(O)O)O2)c(=O)n1)NCCn1c(=O)ccn(C2CC(O)C(COP(=O)(O)O)O2)c1=O. The summed E-state index contributed by atoms with van der Waals surface area (Å²) in [6.45, 7) is -1.87. The number of nitrogens with zero attached hydrogens (tertiary/aromatic N) is 4. The molecule has 0 bridgehead atoms. The number of unbranched alkanes of at least 4 members (excludes halogenated alkanes) is 2. The summed E-state index contributed by atoms with van der Waals surface area (Å²) in [6, 6.07) is 2.27. The van der Waals surface area contributed by atoms with Crippen molar-refractivity contribution in [1.82, 2.24) is 34.6 Å². The number of rotatable bonds is 30. The summed E-state index contributed by atoms with van der Waals surface area (Å²) in [5, 5.41) is 30.1. The van der Waals surface area contributed by atoms with E-state index in [1.165, 1.54) is 6.07 Å². The first kappa shape index (κ1) is 65.1. The number of phosphoric ester groups is 2. The average molecular weight is 1230 g/mol. The lowest BCUT2D eigenvalue weighted by atomic mass is 9.89. The molecular formula is C38H60N8O26P4S2. The molecule has 12 N–H and O–H groups in total. The van der Waals surface area contributed by atoms with Gasteiger partial charge in [0.05, 0.1) is 25.4 Å². The maximum Gasteiger partial charge on any atom is 0.490 e. The molecule has 3 aliphatic rings. The zero-order valence-corrected chi connectivity index (χ0v) is 46.2. The molecule has 5 rings (SSSR count). The number of ether oxygens (including phenoxy) is 3. The van der Waals surface area contributed by atoms with E-state index in [-0.39, 0.29) is 74.8 Å². The maximum absolute atomic E-state index is 13.3. The third kappa shape index (κ3) is 22.0. The van der Waals surface area contributed by atoms with E-state index >= 15 is 0 Å². The van der Waals surface area contributed by atoms with E-state index in [0.29, 0.717) is 32.1 Å². The fourth-order valence-corrected chi connectivity index (χ4v) is 13.2. The first-order chi connectivity index (χ1) is 36.6. The third-order valence-corrected chi connectivity index (χ3v) is 18.3. The predicted octanol–water partition coefficient (Wildman–Crippen LogP) is -0.238. The van der Waals surface area contributed by atoms with E-state index in [0.717, 1.165) is 73.0 Å². The number of carbonyl (C=O) groups excluding carboxylic acids is 4. The van der Waals surface area contributed by atoms with Gasteiger partial charge >= 0.3 is 48.8 Å². The minimum atomic E-state index is -5.80. The van der Waals surface area contributed by atoms with Gasteiger partial charge in [0.15, 0.2) is 5.37 Å². The summed E-state index contributed by atoms with van der Waals surface area (Å²) in [7, 11) is -19.6. The normalized spacial score (nSPS) is 22.9. The second-order valence-electron chi connectivity index (χ2n) is 17.4. The standard InChI is InChI=1S/C38H60N8O26P4S2/c47-24-19-31(69-27(24)22-68-75(62,63)72-76(64,65)71-74(59,60)61)45-14-10-28(41-36(45)53)42-37(54)66-17-18-77-78-35(43-33(51)23-7-3-1-4-8-23)34(52)40-12-6-2-5-9-29(49)39-13-16-44-30(50)11-15-46(38(44)55)32-20-25(48)26(70-32)21-67-73(56,57)58/h10-11,14-15,23-27,31-32,35,47-48H,1-9,12-13,16-22H2,(H,39,49)(H,40,52)(H,43,51)(H,62,63)(H,64,65)(H2,56,57,58)(H2,59,60,61)(H,41,42,53,54). The molecule has 0 radical (unpaired) electrons. The average Bonchev–Trinajstić information content (AvgIpc) is 3.93. The van der Waals surface area contributed by atoms with E-state index < -0.39 is 116 Å². The Balaban J connectivity index is 0.994. The zero-order chi connectivity index (χ0) is 57.4. The Hall–Kier alpha value is -3.70. The number of aromatic nitrogens is 4. The van der Waals surface area contributed by atoms with Gasteiger partial charge in [0.1, 0.15) is 37.1 Å². The molecule has 440 valence electrons. The van der Waals surface area contributed by atoms with Crippen LogP contribution in [-0.2, 0) is 71.1 Å². The van der Waals surface area contributed by atoms with Crippen LogP contribution in [0.5, 0.6) is 0 Å². The smallest absolute Gasteiger partial charge is 0.448 e. The van der Waals surface area contributed by atoms with Crippen molar-refractivity contribution in [1.29, 1.82) is 0 Å². The van der Waals surface area contributed by atoms with Gasteiger partial charge < -0.3 is 69.7 Å². The van der Waals surface area contributed by atoms with Crippen LogP contribution in [0.3, 0.4) is 0 Å². The molecule has 34 nitrogen and oxygen atoms in total. The Bertz CT molecular complexity index is 2780. The molecule has 4 amide bonds. The van der Waals surface area contributed by atoms with Gasteiger partial charge in [-0.05, 0) is 31.7 Å². The topological polar surface area (TPSA) is 490 Å². The van der Waals surface area contributed by atoms with Crippen molar-refractivity contribution in [2.24, 2.45) is 5.92 Å². The molecule has 2 aromatic rings. The number of hydrogen-bond acceptors (Lipinski definition) is 23. The summed E-state index contributed by atoms with van der Waals surface area (Å²) >= 11 is 0. The lowest BCUT2D eigenvalue weighted by molar-refractivity contribution is -0.129. The Morgan fingerprint density at radius 2 is 1.41 bits per heavy atom. The van der Waals surface area contributed by atoms with Crippen LogP contribution in [0.4, 0.5) is 10.6 Å². The van der Waals surface area contributed by atoms with E-state index in [9.17, 15) is 71.8 Å². The molecule has 0 aromatic carbocycles. The van der Waals surface area contributed by atoms with E-state index in [2.05, 4.69) is 43.9 Å². The van der Waals surface area contributed by atoms with Crippen LogP contribution in [0.15, 0.2) is 38.9 Å². The fourth-order valence-electron chi connectivity index (χ4n) is 7.83. The summed E-state index contributed by atoms with van der Waals surface area (Å²) in [5.41, 5.74) is -2.45. The Morgan fingerprint density at radius 1 is 0.769 bits per heavy atom. The van der Waals surface area contributed by atoms with Crippen molar-refractivity contribution in [2.45, 2.75) is 119 Å². The number of nitrogens with one attached hydrogen (secondary N) is 4. The highest BCUT2D eigenvalue weighted by molar-refractivity contribution is 8.77. The molecule has 1 saturated carbocycles. The second kappa shape index (κ2) is 29.8. The van der Waals surface area contributed by atoms with Gasteiger partial charge in [-0.2, -0.15) is 13.6 Å². The number of phosphoric acid groups is 4. The molecule has 2 aliphatic heterocycles. The Labute approximate surface area is 449 Å². The monoisotopic (exact) mass is 1230 g/mol. The van der Waals surface area contributed by atoms with Crippen molar-refractivity contribution in [3.8, 4) is 0 Å². The van der Waals surface area contributed by atoms with Crippen molar-refractivity contribution < 1.29 is 109 Å². The third-order valence-electron chi connectivity index (χ3n) is 11.5. The molecule has 9 atom stereocenters. The van der Waals surface area contributed by atoms with E-state index in [4.69, 9.17) is 33.8 Å². The van der Waals surface area contributed by atoms with E-state index in [1.54, 1.807) is 0 Å². The minimum Gasteiger partial charge on any atom is -0.448 e. The molecule has 78 heavy (non-hydrogen) atoms. The van der Waals surface area contributed by atoms with Crippen LogP contribution >= 0.6 is 52.9 Å². The predicted molar refractivity (Wildman–Crippen MR) is 268 cm³/mol. The molecule has 3 fully saturated rings. The Morgan fingerprint density at radius 3 is 2.05 bits per heavy atom. The van der Waals surface area contributed by atoms with Crippen molar-refractivity contribution in [2.75, 3.05) is 44.0 Å². The molecule has 0 spiro atoms. The molecular weight excluding hydrogens is 1170 g/mol. The van der Waals surface area contributed by atoms with Gasteiger partial charge in [0.25, 0.3) is 11.5 Å². The molecule has 40 heteroatoms. The van der Waals surface area contributed by atoms with Gasteiger partial charge in [-0.15, -0.1) is 0 Å². The molecule has 1 aliphatic carbocycles. The van der Waals surface area contributed by atoms with Crippen LogP contribution in [0.1, 0.15) is 83.1 Å². The quantitative estimate of drug-likeness (QED) is 0.0208. The summed E-state index contributed by atoms with van der Waals surface area (Å²) in [4.78, 5) is 148. The van der Waals surface area contributed by atoms with Crippen molar-refractivity contribution in [3.05, 3.63) is 55.8 Å². The lowest BCUT2D eigenvalue weighted by Gasteiger charge is -2.24. The lowest BCUT2D eigenvalue weighted by Crippen LogP contribution is -2.46. The summed E-state index contributed by atoms with van der Waals surface area (Å²) in [6.07, 6.45) is -1.05. The number of aliphatic hydroxyl groups excluding tert-OH is 2. The van der Waals surface area contributed by atoms with Crippen molar-refractivity contribution in [3.63, 3.8) is 0 Å². The van der Waals surface area contributed by atoms with E-state index in [1.807, 2.05) is 0 Å². The molecule has 4 heterocycles. The van der Waals surface area contributed by atoms with Crippen molar-refractivity contribution >= 4 is 82.5 Å². The van der Waals surface area contributed by atoms with Gasteiger partial charge in [0, 0.05) is 69.0 Å². The first-order valence-corrected chi connectivity index (χ1v) is 32.2. The van der Waals surface area contributed by atoms with Crippen LogP contribution in [0.25, 0.3) is 0 Å². The van der Waals surface area contributed by atoms with Gasteiger partial charge in [-0.1, -0.05) is 47.3 Å². The van der Waals surface area contributed by atoms with Crippen LogP contribution < -0.4 is 38.2 Å². The summed E-state index contributed by atoms with van der Waals surface area (Å²) < 4.78 is 80.6. The highest BCUT2D eigenvalue weighted by Gasteiger charge is 2.43. The fraction of sp³-hybridized carbons (Fsp3) is 0.684. The largest absolute Gasteiger partial charge is 0.490 e. The molecule has 2 saturated heterocycles. The maximum atomic E-state index is 13.3. The summed E-state index contributed by atoms with van der Waals surface area (Å²) in [5.74, 6) is -1.48. The van der Waals surface area contributed by atoms with Crippen LogP contribution in [-0.4, -0.2) is 151 Å². The number of anilines is 1. The minimum absolute atomic E-state index is 0.0791. The Kier molecular flexibility index (Phi) is 24.9. The van der Waals surface area contributed by atoms with Gasteiger partial charge in [0.2, 0.25) is 11.8 Å². The van der Waals surface area contributed by atoms with Gasteiger partial charge in [-0.25, -0.2) is 32.6 Å². The second-order valence-corrected chi connectivity index (χ2v) is 25.6. The number of hydrogen-bond donors (Lipinski definition) is 12. The zero-order valence-electron chi connectivity index (χ0n) is 41.0. The highest BCUT2D eigenvalue weighted by atomic mass is 33.1. The van der Waals surface area contributed by atoms with Gasteiger partial charge in [-0.3, -0.25) is 47.2 Å². The highest BCUT2D eigenvalue weighted by Crippen LogP contribution is 2.66. The molecule has 2 aromatic heterocycles. The number of carbonyl (C=O) groups is 4. The number of amides is 4. The first-order valence-electron chi connectivity index (χ1n) is 23.7.